The van der Waals surface area contributed by atoms with Crippen LogP contribution in [0.5, 0.6) is 0 Å². The van der Waals surface area contributed by atoms with Gasteiger partial charge in [-0.05, 0) is 13.0 Å². The first-order valence-corrected chi connectivity index (χ1v) is 7.99. The minimum atomic E-state index is -3.16. The molecule has 0 N–H and O–H groups in total. The van der Waals surface area contributed by atoms with Gasteiger partial charge in [0.2, 0.25) is 10.0 Å². The maximum absolute atomic E-state index is 11.9. The highest BCUT2D eigenvalue weighted by molar-refractivity contribution is 7.89. The quantitative estimate of drug-likeness (QED) is 0.654. The molecule has 0 amide bonds. The van der Waals surface area contributed by atoms with Crippen LogP contribution < -0.4 is 0 Å². The number of alkyl halides is 1. The third kappa shape index (κ3) is 5.09. The summed E-state index contributed by atoms with van der Waals surface area (Å²) >= 11 is 5.51. The van der Waals surface area contributed by atoms with Crippen LogP contribution in [0.1, 0.15) is 6.42 Å². The van der Waals surface area contributed by atoms with E-state index >= 15 is 0 Å². The van der Waals surface area contributed by atoms with Crippen molar-refractivity contribution in [3.05, 3.63) is 0 Å². The van der Waals surface area contributed by atoms with Crippen molar-refractivity contribution in [2.24, 2.45) is 0 Å². The zero-order chi connectivity index (χ0) is 12.7. The van der Waals surface area contributed by atoms with E-state index in [1.807, 2.05) is 0 Å². The fraction of sp³-hybridized carbons (Fsp3) is 1.00. The molecule has 1 aliphatic rings. The summed E-state index contributed by atoms with van der Waals surface area (Å²) in [5, 5.41) is 0. The third-order valence-electron chi connectivity index (χ3n) is 2.89. The predicted molar refractivity (Wildman–Crippen MR) is 69.0 cm³/mol. The molecule has 1 fully saturated rings. The molecular formula is C10H21ClN2O3S. The van der Waals surface area contributed by atoms with Crippen LogP contribution in [-0.4, -0.2) is 75.7 Å². The molecule has 1 rings (SSSR count). The van der Waals surface area contributed by atoms with Crippen molar-refractivity contribution in [1.29, 1.82) is 0 Å². The Bertz CT molecular complexity index is 311. The van der Waals surface area contributed by atoms with E-state index in [1.165, 1.54) is 0 Å². The summed E-state index contributed by atoms with van der Waals surface area (Å²) in [7, 11) is -1.48. The van der Waals surface area contributed by atoms with Crippen molar-refractivity contribution < 1.29 is 13.2 Å². The number of hydrogen-bond donors (Lipinski definition) is 0. The Hall–Kier alpha value is 0.120. The van der Waals surface area contributed by atoms with Gasteiger partial charge in [-0.15, -0.1) is 11.6 Å². The molecule has 0 unspecified atom stereocenters. The van der Waals surface area contributed by atoms with Gasteiger partial charge in [0.25, 0.3) is 0 Å². The lowest BCUT2D eigenvalue weighted by Crippen LogP contribution is -2.37. The highest BCUT2D eigenvalue weighted by atomic mass is 35.5. The molecular weight excluding hydrogens is 264 g/mol. The molecule has 0 aromatic rings. The summed E-state index contributed by atoms with van der Waals surface area (Å²) in [5.41, 5.74) is 0. The second-order valence-electron chi connectivity index (χ2n) is 4.09. The number of rotatable bonds is 6. The highest BCUT2D eigenvalue weighted by Crippen LogP contribution is 2.09. The van der Waals surface area contributed by atoms with Crippen molar-refractivity contribution in [3.8, 4) is 0 Å². The average Bonchev–Trinajstić information content (AvgIpc) is 2.52. The van der Waals surface area contributed by atoms with Crippen molar-refractivity contribution in [3.63, 3.8) is 0 Å². The molecule has 17 heavy (non-hydrogen) atoms. The van der Waals surface area contributed by atoms with Gasteiger partial charge in [0, 0.05) is 39.2 Å². The normalized spacial score (nSPS) is 20.4. The molecule has 5 nitrogen and oxygen atoms in total. The fourth-order valence-electron chi connectivity index (χ4n) is 1.90. The first kappa shape index (κ1) is 15.2. The Balaban J connectivity index is 2.47. The van der Waals surface area contributed by atoms with E-state index in [2.05, 4.69) is 4.90 Å². The molecule has 0 spiro atoms. The highest BCUT2D eigenvalue weighted by Gasteiger charge is 2.24. The lowest BCUT2D eigenvalue weighted by molar-refractivity contribution is 0.151. The summed E-state index contributed by atoms with van der Waals surface area (Å²) in [4.78, 5) is 2.24. The number of hydrogen-bond acceptors (Lipinski definition) is 4. The number of methoxy groups -OCH3 is 1. The van der Waals surface area contributed by atoms with Crippen LogP contribution in [0.25, 0.3) is 0 Å². The zero-order valence-electron chi connectivity index (χ0n) is 10.3. The van der Waals surface area contributed by atoms with Crippen molar-refractivity contribution in [2.45, 2.75) is 6.42 Å². The molecule has 102 valence electrons. The Kier molecular flexibility index (Phi) is 6.72. The molecule has 1 heterocycles. The van der Waals surface area contributed by atoms with Crippen LogP contribution >= 0.6 is 11.6 Å². The van der Waals surface area contributed by atoms with Gasteiger partial charge in [-0.3, -0.25) is 4.90 Å². The smallest absolute Gasteiger partial charge is 0.215 e. The van der Waals surface area contributed by atoms with E-state index in [4.69, 9.17) is 16.3 Å². The summed E-state index contributed by atoms with van der Waals surface area (Å²) in [6.07, 6.45) is 0.866. The van der Waals surface area contributed by atoms with Gasteiger partial charge in [-0.25, -0.2) is 12.7 Å². The van der Waals surface area contributed by atoms with Gasteiger partial charge in [-0.2, -0.15) is 0 Å². The Morgan fingerprint density at radius 1 is 1.24 bits per heavy atom. The molecule has 1 aliphatic heterocycles. The van der Waals surface area contributed by atoms with Crippen LogP contribution in [-0.2, 0) is 14.8 Å². The lowest BCUT2D eigenvalue weighted by atomic mass is 10.4. The van der Waals surface area contributed by atoms with Crippen LogP contribution in [0.3, 0.4) is 0 Å². The van der Waals surface area contributed by atoms with E-state index < -0.39 is 10.0 Å². The van der Waals surface area contributed by atoms with E-state index in [0.717, 1.165) is 26.1 Å². The van der Waals surface area contributed by atoms with Crippen LogP contribution in [0.2, 0.25) is 0 Å². The monoisotopic (exact) mass is 284 g/mol. The van der Waals surface area contributed by atoms with E-state index in [-0.39, 0.29) is 11.6 Å². The Morgan fingerprint density at radius 2 is 2.00 bits per heavy atom. The molecule has 7 heteroatoms. The van der Waals surface area contributed by atoms with Crippen LogP contribution in [0.15, 0.2) is 0 Å². The topological polar surface area (TPSA) is 49.9 Å². The molecule has 0 aromatic carbocycles. The van der Waals surface area contributed by atoms with Gasteiger partial charge in [-0.1, -0.05) is 0 Å². The van der Waals surface area contributed by atoms with E-state index in [0.29, 0.717) is 19.7 Å². The molecule has 0 atom stereocenters. The van der Waals surface area contributed by atoms with Gasteiger partial charge in [0.05, 0.1) is 12.4 Å². The summed E-state index contributed by atoms with van der Waals surface area (Å²) in [6, 6.07) is 0. The molecule has 0 aliphatic carbocycles. The van der Waals surface area contributed by atoms with Crippen molar-refractivity contribution in [2.75, 3.05) is 58.1 Å². The van der Waals surface area contributed by atoms with Gasteiger partial charge in [0.1, 0.15) is 0 Å². The van der Waals surface area contributed by atoms with Crippen LogP contribution in [0.4, 0.5) is 0 Å². The fourth-order valence-corrected chi connectivity index (χ4v) is 3.70. The molecule has 0 radical (unpaired) electrons. The first-order chi connectivity index (χ1) is 8.10. The Labute approximate surface area is 109 Å². The van der Waals surface area contributed by atoms with Crippen molar-refractivity contribution >= 4 is 21.6 Å². The number of halogens is 1. The van der Waals surface area contributed by atoms with Gasteiger partial charge < -0.3 is 4.74 Å². The maximum Gasteiger partial charge on any atom is 0.215 e. The SMILES string of the molecule is COCCN1CCCN(S(=O)(=O)CCCl)CC1. The van der Waals surface area contributed by atoms with Crippen molar-refractivity contribution in [1.82, 2.24) is 9.21 Å². The Morgan fingerprint density at radius 3 is 2.65 bits per heavy atom. The minimum absolute atomic E-state index is 0.0344. The molecule has 0 saturated carbocycles. The number of ether oxygens (including phenoxy) is 1. The summed E-state index contributed by atoms with van der Waals surface area (Å²) < 4.78 is 30.3. The predicted octanol–water partition coefficient (Wildman–Crippen LogP) is 0.209. The van der Waals surface area contributed by atoms with Crippen LogP contribution in [0, 0.1) is 0 Å². The van der Waals surface area contributed by atoms with Gasteiger partial charge >= 0.3 is 0 Å². The summed E-state index contributed by atoms with van der Waals surface area (Å²) in [6.45, 7) is 4.40. The number of nitrogens with zero attached hydrogens (tertiary/aromatic N) is 2. The molecule has 0 bridgehead atoms. The first-order valence-electron chi connectivity index (χ1n) is 5.85. The average molecular weight is 285 g/mol. The second kappa shape index (κ2) is 7.53. The molecule has 0 aromatic heterocycles. The zero-order valence-corrected chi connectivity index (χ0v) is 11.8. The van der Waals surface area contributed by atoms with Gasteiger partial charge in [0.15, 0.2) is 0 Å². The van der Waals surface area contributed by atoms with E-state index in [9.17, 15) is 8.42 Å². The number of sulfonamides is 1. The second-order valence-corrected chi connectivity index (χ2v) is 6.56. The lowest BCUT2D eigenvalue weighted by Gasteiger charge is -2.21. The summed E-state index contributed by atoms with van der Waals surface area (Å²) in [5.74, 6) is 0.193. The third-order valence-corrected chi connectivity index (χ3v) is 5.17. The standard InChI is InChI=1S/C10H21ClN2O3S/c1-16-9-8-12-4-2-5-13(7-6-12)17(14,15)10-3-11/h2-10H2,1H3. The molecule has 1 saturated heterocycles. The minimum Gasteiger partial charge on any atom is -0.383 e. The van der Waals surface area contributed by atoms with E-state index in [1.54, 1.807) is 11.4 Å². The largest absolute Gasteiger partial charge is 0.383 e. The maximum atomic E-state index is 11.9.